The van der Waals surface area contributed by atoms with Crippen LogP contribution in [0.15, 0.2) is 53.4 Å². The summed E-state index contributed by atoms with van der Waals surface area (Å²) in [5, 5.41) is 8.99. The number of nitrogens with zero attached hydrogens (tertiary/aromatic N) is 3. The highest BCUT2D eigenvalue weighted by atomic mass is 32.2. The number of hydrogen-bond acceptors (Lipinski definition) is 3. The van der Waals surface area contributed by atoms with E-state index in [-0.39, 0.29) is 0 Å². The average molecular weight is 293 g/mol. The lowest BCUT2D eigenvalue weighted by atomic mass is 10.2. The van der Waals surface area contributed by atoms with Gasteiger partial charge in [0.05, 0.1) is 28.4 Å². The van der Waals surface area contributed by atoms with Gasteiger partial charge in [0.15, 0.2) is 0 Å². The minimum atomic E-state index is 0.658. The molecule has 3 nitrogen and oxygen atoms in total. The zero-order valence-corrected chi connectivity index (χ0v) is 12.6. The molecule has 0 radical (unpaired) electrons. The number of benzene rings is 2. The van der Waals surface area contributed by atoms with Crippen LogP contribution in [0.3, 0.4) is 0 Å². The average Bonchev–Trinajstić information content (AvgIpc) is 2.90. The second kappa shape index (κ2) is 6.02. The van der Waals surface area contributed by atoms with Crippen LogP contribution in [-0.2, 0) is 12.3 Å². The number of rotatable bonds is 4. The van der Waals surface area contributed by atoms with E-state index < -0.39 is 0 Å². The van der Waals surface area contributed by atoms with Crippen molar-refractivity contribution in [2.75, 3.05) is 0 Å². The van der Waals surface area contributed by atoms with Crippen LogP contribution in [-0.4, -0.2) is 9.55 Å². The Morgan fingerprint density at radius 3 is 2.71 bits per heavy atom. The first-order valence-electron chi connectivity index (χ1n) is 6.89. The van der Waals surface area contributed by atoms with Gasteiger partial charge in [-0.1, -0.05) is 18.2 Å². The van der Waals surface area contributed by atoms with Crippen molar-refractivity contribution in [3.63, 3.8) is 0 Å². The van der Waals surface area contributed by atoms with Crippen molar-refractivity contribution in [2.45, 2.75) is 24.1 Å². The molecule has 0 aliphatic rings. The molecule has 0 N–H and O–H groups in total. The molecule has 4 heteroatoms. The Kier molecular flexibility index (Phi) is 3.94. The van der Waals surface area contributed by atoms with Gasteiger partial charge in [-0.05, 0) is 37.3 Å². The van der Waals surface area contributed by atoms with E-state index in [0.29, 0.717) is 5.56 Å². The molecule has 0 saturated carbocycles. The number of hydrogen-bond donors (Lipinski definition) is 0. The maximum absolute atomic E-state index is 8.99. The van der Waals surface area contributed by atoms with Crippen LogP contribution in [0.5, 0.6) is 0 Å². The molecule has 3 rings (SSSR count). The van der Waals surface area contributed by atoms with E-state index >= 15 is 0 Å². The Hall–Kier alpha value is -2.25. The van der Waals surface area contributed by atoms with Crippen molar-refractivity contribution >= 4 is 22.8 Å². The Balaban J connectivity index is 1.92. The van der Waals surface area contributed by atoms with Crippen LogP contribution in [0.25, 0.3) is 11.0 Å². The minimum Gasteiger partial charge on any atom is -0.328 e. The van der Waals surface area contributed by atoms with E-state index in [1.54, 1.807) is 11.8 Å². The van der Waals surface area contributed by atoms with Crippen LogP contribution in [0, 0.1) is 11.3 Å². The largest absolute Gasteiger partial charge is 0.328 e. The minimum absolute atomic E-state index is 0.658. The summed E-state index contributed by atoms with van der Waals surface area (Å²) >= 11 is 1.78. The second-order valence-corrected chi connectivity index (χ2v) is 5.74. The topological polar surface area (TPSA) is 41.6 Å². The van der Waals surface area contributed by atoms with Gasteiger partial charge in [-0.2, -0.15) is 5.26 Å². The number of fused-ring (bicyclic) bond motifs is 1. The summed E-state index contributed by atoms with van der Waals surface area (Å²) in [6, 6.07) is 18.2. The van der Waals surface area contributed by atoms with Crippen molar-refractivity contribution in [2.24, 2.45) is 0 Å². The standard InChI is InChI=1S/C17H15N3S/c1-2-20-16-9-8-13(11-18)10-15(16)19-17(20)12-21-14-6-4-3-5-7-14/h3-10H,2,12H2,1H3. The Morgan fingerprint density at radius 1 is 1.19 bits per heavy atom. The molecular weight excluding hydrogens is 278 g/mol. The molecule has 0 atom stereocenters. The van der Waals surface area contributed by atoms with Gasteiger partial charge in [0.1, 0.15) is 5.82 Å². The summed E-state index contributed by atoms with van der Waals surface area (Å²) in [4.78, 5) is 5.94. The third-order valence-electron chi connectivity index (χ3n) is 3.38. The van der Waals surface area contributed by atoms with Crippen molar-refractivity contribution in [1.29, 1.82) is 5.26 Å². The van der Waals surface area contributed by atoms with Crippen molar-refractivity contribution in [1.82, 2.24) is 9.55 Å². The second-order valence-electron chi connectivity index (χ2n) is 4.69. The maximum atomic E-state index is 8.99. The number of imidazole rings is 1. The molecule has 104 valence electrons. The number of aryl methyl sites for hydroxylation is 1. The molecular formula is C17H15N3S. The molecule has 0 spiro atoms. The van der Waals surface area contributed by atoms with Crippen LogP contribution >= 0.6 is 11.8 Å². The predicted octanol–water partition coefficient (Wildman–Crippen LogP) is 4.22. The van der Waals surface area contributed by atoms with Gasteiger partial charge < -0.3 is 4.57 Å². The summed E-state index contributed by atoms with van der Waals surface area (Å²) in [5.74, 6) is 1.88. The van der Waals surface area contributed by atoms with Crippen LogP contribution in [0.2, 0.25) is 0 Å². The summed E-state index contributed by atoms with van der Waals surface area (Å²) in [5.41, 5.74) is 2.66. The molecule has 1 heterocycles. The molecule has 2 aromatic carbocycles. The monoisotopic (exact) mass is 293 g/mol. The van der Waals surface area contributed by atoms with E-state index in [2.05, 4.69) is 29.7 Å². The fourth-order valence-corrected chi connectivity index (χ4v) is 3.24. The van der Waals surface area contributed by atoms with Gasteiger partial charge in [-0.3, -0.25) is 0 Å². The molecule has 0 aliphatic carbocycles. The lowest BCUT2D eigenvalue weighted by Gasteiger charge is -2.05. The molecule has 0 bridgehead atoms. The van der Waals surface area contributed by atoms with E-state index in [4.69, 9.17) is 10.2 Å². The van der Waals surface area contributed by atoms with Gasteiger partial charge in [0.2, 0.25) is 0 Å². The lowest BCUT2D eigenvalue weighted by Crippen LogP contribution is -2.00. The van der Waals surface area contributed by atoms with Gasteiger partial charge in [0.25, 0.3) is 0 Å². The smallest absolute Gasteiger partial charge is 0.120 e. The van der Waals surface area contributed by atoms with E-state index in [1.807, 2.05) is 36.4 Å². The first-order chi connectivity index (χ1) is 10.3. The third-order valence-corrected chi connectivity index (χ3v) is 4.39. The Morgan fingerprint density at radius 2 is 2.00 bits per heavy atom. The lowest BCUT2D eigenvalue weighted by molar-refractivity contribution is 0.748. The van der Waals surface area contributed by atoms with Gasteiger partial charge >= 0.3 is 0 Å². The number of aromatic nitrogens is 2. The Bertz CT molecular complexity index is 800. The molecule has 21 heavy (non-hydrogen) atoms. The van der Waals surface area contributed by atoms with Crippen LogP contribution in [0.1, 0.15) is 18.3 Å². The highest BCUT2D eigenvalue weighted by Crippen LogP contribution is 2.25. The molecule has 0 amide bonds. The SMILES string of the molecule is CCn1c(CSc2ccccc2)nc2cc(C#N)ccc21. The molecule has 0 aliphatic heterocycles. The number of nitriles is 1. The van der Waals surface area contributed by atoms with Crippen molar-refractivity contribution in [3.05, 3.63) is 59.9 Å². The normalized spacial score (nSPS) is 10.7. The van der Waals surface area contributed by atoms with Gasteiger partial charge in [0, 0.05) is 11.4 Å². The summed E-state index contributed by atoms with van der Waals surface area (Å²) < 4.78 is 2.21. The third kappa shape index (κ3) is 2.79. The molecule has 1 aromatic heterocycles. The van der Waals surface area contributed by atoms with Crippen LogP contribution in [0.4, 0.5) is 0 Å². The molecule has 3 aromatic rings. The highest BCUT2D eigenvalue weighted by Gasteiger charge is 2.10. The molecule has 0 unspecified atom stereocenters. The highest BCUT2D eigenvalue weighted by molar-refractivity contribution is 7.98. The van der Waals surface area contributed by atoms with E-state index in [0.717, 1.165) is 29.2 Å². The quantitative estimate of drug-likeness (QED) is 0.676. The van der Waals surface area contributed by atoms with Gasteiger partial charge in [-0.15, -0.1) is 11.8 Å². The summed E-state index contributed by atoms with van der Waals surface area (Å²) in [6.45, 7) is 3.00. The zero-order chi connectivity index (χ0) is 14.7. The zero-order valence-electron chi connectivity index (χ0n) is 11.8. The van der Waals surface area contributed by atoms with Crippen molar-refractivity contribution < 1.29 is 0 Å². The first kappa shape index (κ1) is 13.7. The van der Waals surface area contributed by atoms with Crippen molar-refractivity contribution in [3.8, 4) is 6.07 Å². The fraction of sp³-hybridized carbons (Fsp3) is 0.176. The summed E-state index contributed by atoms with van der Waals surface area (Å²) in [6.07, 6.45) is 0. The molecule has 0 saturated heterocycles. The van der Waals surface area contributed by atoms with E-state index in [9.17, 15) is 0 Å². The van der Waals surface area contributed by atoms with Crippen LogP contribution < -0.4 is 0 Å². The summed E-state index contributed by atoms with van der Waals surface area (Å²) in [7, 11) is 0. The number of thioether (sulfide) groups is 1. The first-order valence-corrected chi connectivity index (χ1v) is 7.87. The fourth-order valence-electron chi connectivity index (χ4n) is 2.38. The predicted molar refractivity (Wildman–Crippen MR) is 86.1 cm³/mol. The van der Waals surface area contributed by atoms with E-state index in [1.165, 1.54) is 4.90 Å². The maximum Gasteiger partial charge on any atom is 0.120 e. The Labute approximate surface area is 128 Å². The van der Waals surface area contributed by atoms with Gasteiger partial charge in [-0.25, -0.2) is 4.98 Å². The molecule has 0 fully saturated rings.